The number of benzene rings is 1. The summed E-state index contributed by atoms with van der Waals surface area (Å²) in [4.78, 5) is 18.5. The molecule has 3 N–H and O–H groups in total. The Hall–Kier alpha value is -2.30. The van der Waals surface area contributed by atoms with Crippen LogP contribution in [0, 0.1) is 0 Å². The van der Waals surface area contributed by atoms with Gasteiger partial charge in [-0.05, 0) is 49.6 Å². The molecule has 1 saturated heterocycles. The fraction of sp³-hybridized carbons (Fsp3) is 0.375. The summed E-state index contributed by atoms with van der Waals surface area (Å²) < 4.78 is 0. The van der Waals surface area contributed by atoms with E-state index >= 15 is 0 Å². The fourth-order valence-corrected chi connectivity index (χ4v) is 2.66. The first-order valence-electron chi connectivity index (χ1n) is 7.40. The number of hydrogen-bond donors (Lipinski definition) is 2. The molecule has 21 heavy (non-hydrogen) atoms. The van der Waals surface area contributed by atoms with Crippen LogP contribution in [-0.4, -0.2) is 35.4 Å². The van der Waals surface area contributed by atoms with Crippen LogP contribution in [0.2, 0.25) is 0 Å². The number of anilines is 2. The molecule has 0 spiro atoms. The second-order valence-corrected chi connectivity index (χ2v) is 5.44. The van der Waals surface area contributed by atoms with Gasteiger partial charge in [0.1, 0.15) is 5.82 Å². The number of piperidine rings is 1. The lowest BCUT2D eigenvalue weighted by Crippen LogP contribution is -2.39. The Morgan fingerprint density at radius 3 is 2.81 bits per heavy atom. The van der Waals surface area contributed by atoms with Crippen molar-refractivity contribution in [3.05, 3.63) is 30.3 Å². The standard InChI is InChI=1S/C16H20N4O/c17-13-5-6-14-12(10-13)4-7-15(19-14)18-11-16(21)20-8-2-1-3-9-20/h4-7,10H,1-3,8-9,11,17H2,(H,18,19). The van der Waals surface area contributed by atoms with Gasteiger partial charge in [-0.3, -0.25) is 4.79 Å². The van der Waals surface area contributed by atoms with Gasteiger partial charge in [-0.25, -0.2) is 4.98 Å². The lowest BCUT2D eigenvalue weighted by atomic mass is 10.1. The summed E-state index contributed by atoms with van der Waals surface area (Å²) in [5, 5.41) is 4.12. The van der Waals surface area contributed by atoms with Crippen molar-refractivity contribution in [2.24, 2.45) is 0 Å². The highest BCUT2D eigenvalue weighted by molar-refractivity contribution is 5.84. The quantitative estimate of drug-likeness (QED) is 0.848. The average Bonchev–Trinajstić information content (AvgIpc) is 2.53. The van der Waals surface area contributed by atoms with Crippen LogP contribution in [0.1, 0.15) is 19.3 Å². The molecule has 0 aliphatic carbocycles. The highest BCUT2D eigenvalue weighted by Crippen LogP contribution is 2.18. The first kappa shape index (κ1) is 13.7. The second-order valence-electron chi connectivity index (χ2n) is 5.44. The Labute approximate surface area is 124 Å². The maximum Gasteiger partial charge on any atom is 0.241 e. The lowest BCUT2D eigenvalue weighted by molar-refractivity contribution is -0.130. The molecule has 1 aromatic heterocycles. The summed E-state index contributed by atoms with van der Waals surface area (Å²) in [6, 6.07) is 9.46. The zero-order chi connectivity index (χ0) is 14.7. The number of pyridine rings is 1. The second kappa shape index (κ2) is 5.99. The molecule has 1 aliphatic heterocycles. The summed E-state index contributed by atoms with van der Waals surface area (Å²) >= 11 is 0. The third-order valence-electron chi connectivity index (χ3n) is 3.84. The van der Waals surface area contributed by atoms with Gasteiger partial charge in [0.25, 0.3) is 0 Å². The molecule has 110 valence electrons. The third-order valence-corrected chi connectivity index (χ3v) is 3.84. The van der Waals surface area contributed by atoms with Crippen LogP contribution in [0.5, 0.6) is 0 Å². The van der Waals surface area contributed by atoms with Crippen molar-refractivity contribution >= 4 is 28.3 Å². The Kier molecular flexibility index (Phi) is 3.90. The maximum absolute atomic E-state index is 12.1. The summed E-state index contributed by atoms with van der Waals surface area (Å²) in [5.74, 6) is 0.867. The lowest BCUT2D eigenvalue weighted by Gasteiger charge is -2.26. The van der Waals surface area contributed by atoms with Crippen LogP contribution < -0.4 is 11.1 Å². The van der Waals surface area contributed by atoms with E-state index < -0.39 is 0 Å². The number of nitrogens with one attached hydrogen (secondary N) is 1. The molecular formula is C16H20N4O. The number of hydrogen-bond acceptors (Lipinski definition) is 4. The highest BCUT2D eigenvalue weighted by Gasteiger charge is 2.15. The van der Waals surface area contributed by atoms with Crippen molar-refractivity contribution in [1.29, 1.82) is 0 Å². The normalized spacial score (nSPS) is 15.1. The molecule has 1 aromatic carbocycles. The smallest absolute Gasteiger partial charge is 0.241 e. The minimum atomic E-state index is 0.147. The minimum Gasteiger partial charge on any atom is -0.399 e. The Morgan fingerprint density at radius 1 is 1.19 bits per heavy atom. The average molecular weight is 284 g/mol. The summed E-state index contributed by atoms with van der Waals surface area (Å²) in [7, 11) is 0. The first-order valence-corrected chi connectivity index (χ1v) is 7.40. The van der Waals surface area contributed by atoms with Crippen LogP contribution in [0.25, 0.3) is 10.9 Å². The minimum absolute atomic E-state index is 0.147. The Bertz CT molecular complexity index is 650. The number of rotatable bonds is 3. The fourth-order valence-electron chi connectivity index (χ4n) is 2.66. The topological polar surface area (TPSA) is 71.2 Å². The third kappa shape index (κ3) is 3.24. The van der Waals surface area contributed by atoms with E-state index in [0.717, 1.165) is 48.3 Å². The molecule has 0 bridgehead atoms. The van der Waals surface area contributed by atoms with Crippen LogP contribution in [0.15, 0.2) is 30.3 Å². The number of carbonyl (C=O) groups is 1. The van der Waals surface area contributed by atoms with Gasteiger partial charge >= 0.3 is 0 Å². The summed E-state index contributed by atoms with van der Waals surface area (Å²) in [6.07, 6.45) is 3.45. The van der Waals surface area contributed by atoms with Gasteiger partial charge in [0.15, 0.2) is 0 Å². The molecule has 3 rings (SSSR count). The van der Waals surface area contributed by atoms with Crippen LogP contribution in [0.4, 0.5) is 11.5 Å². The number of carbonyl (C=O) groups excluding carboxylic acids is 1. The molecule has 5 heteroatoms. The van der Waals surface area contributed by atoms with Crippen molar-refractivity contribution in [1.82, 2.24) is 9.88 Å². The van der Waals surface area contributed by atoms with Crippen molar-refractivity contribution in [2.45, 2.75) is 19.3 Å². The summed E-state index contributed by atoms with van der Waals surface area (Å²) in [5.41, 5.74) is 7.35. The van der Waals surface area contributed by atoms with E-state index in [4.69, 9.17) is 5.73 Å². The predicted molar refractivity (Wildman–Crippen MR) is 85.1 cm³/mol. The van der Waals surface area contributed by atoms with E-state index in [-0.39, 0.29) is 5.91 Å². The van der Waals surface area contributed by atoms with Gasteiger partial charge in [-0.15, -0.1) is 0 Å². The van der Waals surface area contributed by atoms with Gasteiger partial charge < -0.3 is 16.0 Å². The van der Waals surface area contributed by atoms with Crippen molar-refractivity contribution in [2.75, 3.05) is 30.7 Å². The highest BCUT2D eigenvalue weighted by atomic mass is 16.2. The largest absolute Gasteiger partial charge is 0.399 e. The van der Waals surface area contributed by atoms with Gasteiger partial charge in [0, 0.05) is 24.2 Å². The van der Waals surface area contributed by atoms with Crippen LogP contribution in [0.3, 0.4) is 0 Å². The number of fused-ring (bicyclic) bond motifs is 1. The van der Waals surface area contributed by atoms with Gasteiger partial charge in [-0.2, -0.15) is 0 Å². The van der Waals surface area contributed by atoms with E-state index in [1.54, 1.807) is 0 Å². The molecule has 0 atom stereocenters. The molecule has 1 aliphatic rings. The SMILES string of the molecule is Nc1ccc2nc(NCC(=O)N3CCCCC3)ccc2c1. The molecule has 0 saturated carbocycles. The number of amides is 1. The predicted octanol–water partition coefficient (Wildman–Crippen LogP) is 2.24. The van der Waals surface area contributed by atoms with Gasteiger partial charge in [0.2, 0.25) is 5.91 Å². The maximum atomic E-state index is 12.1. The Balaban J connectivity index is 1.64. The number of nitrogen functional groups attached to an aromatic ring is 1. The molecular weight excluding hydrogens is 264 g/mol. The van der Waals surface area contributed by atoms with Gasteiger partial charge in [0.05, 0.1) is 12.1 Å². The summed E-state index contributed by atoms with van der Waals surface area (Å²) in [6.45, 7) is 2.06. The van der Waals surface area contributed by atoms with E-state index in [9.17, 15) is 4.79 Å². The monoisotopic (exact) mass is 284 g/mol. The van der Waals surface area contributed by atoms with Crippen molar-refractivity contribution < 1.29 is 4.79 Å². The number of nitrogens with two attached hydrogens (primary N) is 1. The Morgan fingerprint density at radius 2 is 2.00 bits per heavy atom. The molecule has 2 heterocycles. The zero-order valence-electron chi connectivity index (χ0n) is 12.0. The van der Waals surface area contributed by atoms with Crippen molar-refractivity contribution in [3.63, 3.8) is 0 Å². The molecule has 2 aromatic rings. The van der Waals surface area contributed by atoms with E-state index in [1.807, 2.05) is 35.2 Å². The van der Waals surface area contributed by atoms with E-state index in [2.05, 4.69) is 10.3 Å². The van der Waals surface area contributed by atoms with Crippen LogP contribution >= 0.6 is 0 Å². The molecule has 0 radical (unpaired) electrons. The molecule has 0 unspecified atom stereocenters. The zero-order valence-corrected chi connectivity index (χ0v) is 12.0. The molecule has 1 fully saturated rings. The number of likely N-dealkylation sites (tertiary alicyclic amines) is 1. The molecule has 5 nitrogen and oxygen atoms in total. The first-order chi connectivity index (χ1) is 10.2. The van der Waals surface area contributed by atoms with Crippen LogP contribution in [-0.2, 0) is 4.79 Å². The van der Waals surface area contributed by atoms with Gasteiger partial charge in [-0.1, -0.05) is 0 Å². The van der Waals surface area contributed by atoms with E-state index in [1.165, 1.54) is 6.42 Å². The van der Waals surface area contributed by atoms with E-state index in [0.29, 0.717) is 6.54 Å². The molecule has 1 amide bonds. The van der Waals surface area contributed by atoms with Crippen molar-refractivity contribution in [3.8, 4) is 0 Å². The number of nitrogens with zero attached hydrogens (tertiary/aromatic N) is 2. The number of aromatic nitrogens is 1.